The summed E-state index contributed by atoms with van der Waals surface area (Å²) in [4.78, 5) is 4.60. The van der Waals surface area contributed by atoms with E-state index in [1.165, 1.54) is 29.3 Å². The van der Waals surface area contributed by atoms with Gasteiger partial charge < -0.3 is 0 Å². The first-order chi connectivity index (χ1) is 18.5. The summed E-state index contributed by atoms with van der Waals surface area (Å²) in [7, 11) is -7.77. The third kappa shape index (κ3) is 6.28. The van der Waals surface area contributed by atoms with Gasteiger partial charge in [-0.25, -0.2) is 36.7 Å². The number of nitrogens with two attached hydrogens (primary N) is 1. The molecule has 1 atom stereocenters. The standard InChI is InChI=1S/C26H25Cl2N5O4S2/c27-19-8-6-18(7-9-19)25-24(17-4-2-1-3-5-17)16-33(31-25)26(30-21-14-23(15-21)38(29,34)35)32-39(36,37)22-12-10-20(28)11-13-22/h1-13,21,23-24H,14-16H2,(H,30,32)(H2,29,34,35). The Morgan fingerprint density at radius 1 is 0.897 bits per heavy atom. The highest BCUT2D eigenvalue weighted by Crippen LogP contribution is 2.32. The van der Waals surface area contributed by atoms with Crippen molar-refractivity contribution >= 4 is 54.9 Å². The van der Waals surface area contributed by atoms with Gasteiger partial charge in [0.15, 0.2) is 0 Å². The molecule has 1 saturated carbocycles. The Balaban J connectivity index is 1.53. The highest BCUT2D eigenvalue weighted by molar-refractivity contribution is 7.90. The molecule has 0 spiro atoms. The highest BCUT2D eigenvalue weighted by Gasteiger charge is 2.39. The Labute approximate surface area is 237 Å². The summed E-state index contributed by atoms with van der Waals surface area (Å²) in [5.41, 5.74) is 2.53. The van der Waals surface area contributed by atoms with Crippen molar-refractivity contribution in [1.82, 2.24) is 9.73 Å². The Bertz CT molecular complexity index is 1620. The van der Waals surface area contributed by atoms with Crippen LogP contribution in [-0.4, -0.2) is 51.4 Å². The summed E-state index contributed by atoms with van der Waals surface area (Å²) >= 11 is 12.1. The average Bonchev–Trinajstić information content (AvgIpc) is 3.31. The van der Waals surface area contributed by atoms with Gasteiger partial charge >= 0.3 is 0 Å². The highest BCUT2D eigenvalue weighted by atomic mass is 35.5. The second-order valence-corrected chi connectivity index (χ2v) is 13.8. The molecule has 1 aliphatic heterocycles. The molecule has 0 bridgehead atoms. The van der Waals surface area contributed by atoms with Crippen molar-refractivity contribution in [2.75, 3.05) is 6.54 Å². The van der Waals surface area contributed by atoms with Crippen LogP contribution in [0.3, 0.4) is 0 Å². The van der Waals surface area contributed by atoms with E-state index in [2.05, 4.69) is 9.71 Å². The number of rotatable bonds is 6. The molecule has 0 aromatic heterocycles. The zero-order valence-corrected chi connectivity index (χ0v) is 23.6. The number of sulfonamides is 2. The van der Waals surface area contributed by atoms with Crippen molar-refractivity contribution in [3.05, 3.63) is 100 Å². The van der Waals surface area contributed by atoms with Crippen LogP contribution in [0, 0.1) is 0 Å². The first-order valence-corrected chi connectivity index (χ1v) is 15.9. The second-order valence-electron chi connectivity index (χ2n) is 9.39. The van der Waals surface area contributed by atoms with Gasteiger partial charge in [0, 0.05) is 16.0 Å². The molecule has 1 heterocycles. The van der Waals surface area contributed by atoms with E-state index < -0.39 is 31.3 Å². The van der Waals surface area contributed by atoms with Gasteiger partial charge in [-0.05, 0) is 60.4 Å². The summed E-state index contributed by atoms with van der Waals surface area (Å²) in [6, 6.07) is 22.3. The Morgan fingerprint density at radius 3 is 2.08 bits per heavy atom. The molecule has 0 amide bonds. The van der Waals surface area contributed by atoms with E-state index in [-0.39, 0.29) is 29.6 Å². The average molecular weight is 607 g/mol. The molecular formula is C26H25Cl2N5O4S2. The molecule has 5 rings (SSSR count). The predicted molar refractivity (Wildman–Crippen MR) is 153 cm³/mol. The van der Waals surface area contributed by atoms with Gasteiger partial charge in [0.25, 0.3) is 10.0 Å². The fraction of sp³-hybridized carbons (Fsp3) is 0.231. The zero-order chi connectivity index (χ0) is 27.8. The smallest absolute Gasteiger partial charge is 0.248 e. The fourth-order valence-corrected chi connectivity index (χ4v) is 6.73. The van der Waals surface area contributed by atoms with E-state index in [0.29, 0.717) is 22.3 Å². The molecule has 13 heteroatoms. The van der Waals surface area contributed by atoms with Gasteiger partial charge in [0.2, 0.25) is 16.0 Å². The summed E-state index contributed by atoms with van der Waals surface area (Å²) in [5.74, 6) is -0.205. The Kier molecular flexibility index (Phi) is 7.71. The lowest BCUT2D eigenvalue weighted by atomic mass is 9.91. The minimum Gasteiger partial charge on any atom is -0.248 e. The van der Waals surface area contributed by atoms with Gasteiger partial charge in [-0.15, -0.1) is 0 Å². The largest absolute Gasteiger partial charge is 0.264 e. The molecule has 39 heavy (non-hydrogen) atoms. The van der Waals surface area contributed by atoms with Crippen LogP contribution in [0.4, 0.5) is 0 Å². The molecule has 3 N–H and O–H groups in total. The van der Waals surface area contributed by atoms with Crippen LogP contribution in [0.15, 0.2) is 93.9 Å². The van der Waals surface area contributed by atoms with Crippen LogP contribution in [-0.2, 0) is 20.0 Å². The van der Waals surface area contributed by atoms with Crippen LogP contribution >= 0.6 is 23.2 Å². The maximum atomic E-state index is 13.3. The number of primary sulfonamides is 1. The van der Waals surface area contributed by atoms with Crippen molar-refractivity contribution in [3.63, 3.8) is 0 Å². The third-order valence-corrected chi connectivity index (χ3v) is 9.85. The van der Waals surface area contributed by atoms with E-state index in [1.807, 2.05) is 42.5 Å². The summed E-state index contributed by atoms with van der Waals surface area (Å²) in [6.07, 6.45) is 0.378. The SMILES string of the molecule is NS(=O)(=O)C1CC(N=C(NS(=O)(=O)c2ccc(Cl)cc2)N2CC(c3ccccc3)C(c3ccc(Cl)cc3)=N2)C1. The first-order valence-electron chi connectivity index (χ1n) is 12.0. The van der Waals surface area contributed by atoms with Crippen LogP contribution in [0.25, 0.3) is 0 Å². The van der Waals surface area contributed by atoms with Crippen molar-refractivity contribution in [1.29, 1.82) is 0 Å². The van der Waals surface area contributed by atoms with E-state index in [1.54, 1.807) is 12.1 Å². The van der Waals surface area contributed by atoms with Crippen molar-refractivity contribution in [3.8, 4) is 0 Å². The molecular weight excluding hydrogens is 581 g/mol. The lowest BCUT2D eigenvalue weighted by molar-refractivity contribution is 0.395. The molecule has 204 valence electrons. The number of hydrogen-bond acceptors (Lipinski definition) is 6. The maximum absolute atomic E-state index is 13.3. The van der Waals surface area contributed by atoms with Crippen LogP contribution in [0.2, 0.25) is 10.0 Å². The lowest BCUT2D eigenvalue weighted by Crippen LogP contribution is -2.46. The number of hydrazone groups is 1. The molecule has 0 saturated heterocycles. The normalized spacial score (nSPS) is 21.8. The number of nitrogens with zero attached hydrogens (tertiary/aromatic N) is 3. The summed E-state index contributed by atoms with van der Waals surface area (Å²) in [6.45, 7) is 0.301. The van der Waals surface area contributed by atoms with Gasteiger partial charge in [-0.3, -0.25) is 0 Å². The van der Waals surface area contributed by atoms with Gasteiger partial charge in [-0.1, -0.05) is 65.7 Å². The van der Waals surface area contributed by atoms with Crippen LogP contribution < -0.4 is 9.86 Å². The molecule has 3 aromatic rings. The van der Waals surface area contributed by atoms with E-state index in [9.17, 15) is 16.8 Å². The first kappa shape index (κ1) is 27.6. The quantitative estimate of drug-likeness (QED) is 0.324. The number of nitrogens with one attached hydrogen (secondary N) is 1. The molecule has 1 fully saturated rings. The van der Waals surface area contributed by atoms with Crippen molar-refractivity contribution in [2.45, 2.75) is 34.9 Å². The number of halogens is 2. The molecule has 2 aliphatic rings. The number of guanidine groups is 1. The van der Waals surface area contributed by atoms with Gasteiger partial charge in [-0.2, -0.15) is 5.10 Å². The third-order valence-electron chi connectivity index (χ3n) is 6.69. The number of benzene rings is 3. The Morgan fingerprint density at radius 2 is 1.49 bits per heavy atom. The lowest BCUT2D eigenvalue weighted by Gasteiger charge is -2.32. The Hall–Kier alpha value is -2.96. The molecule has 3 aromatic carbocycles. The summed E-state index contributed by atoms with van der Waals surface area (Å²) in [5, 5.41) is 11.9. The van der Waals surface area contributed by atoms with E-state index in [0.717, 1.165) is 11.1 Å². The maximum Gasteiger partial charge on any atom is 0.264 e. The predicted octanol–water partition coefficient (Wildman–Crippen LogP) is 3.95. The van der Waals surface area contributed by atoms with Crippen molar-refractivity contribution < 1.29 is 16.8 Å². The van der Waals surface area contributed by atoms with Crippen LogP contribution in [0.5, 0.6) is 0 Å². The number of hydrogen-bond donors (Lipinski definition) is 2. The van der Waals surface area contributed by atoms with Crippen LogP contribution in [0.1, 0.15) is 29.9 Å². The minimum absolute atomic E-state index is 0.00340. The van der Waals surface area contributed by atoms with Crippen molar-refractivity contribution in [2.24, 2.45) is 15.2 Å². The second kappa shape index (κ2) is 10.9. The minimum atomic E-state index is -4.07. The van der Waals surface area contributed by atoms with E-state index in [4.69, 9.17) is 33.4 Å². The monoisotopic (exact) mass is 605 g/mol. The number of aliphatic imine (C=N–C) groups is 1. The summed E-state index contributed by atoms with van der Waals surface area (Å²) < 4.78 is 52.7. The molecule has 1 aliphatic carbocycles. The topological polar surface area (TPSA) is 134 Å². The zero-order valence-electron chi connectivity index (χ0n) is 20.5. The van der Waals surface area contributed by atoms with E-state index >= 15 is 0 Å². The molecule has 0 radical (unpaired) electrons. The molecule has 1 unspecified atom stereocenters. The molecule has 9 nitrogen and oxygen atoms in total. The van der Waals surface area contributed by atoms with Gasteiger partial charge in [0.1, 0.15) is 0 Å². The van der Waals surface area contributed by atoms with Gasteiger partial charge in [0.05, 0.1) is 28.4 Å². The fourth-order valence-electron chi connectivity index (χ4n) is 4.49.